The van der Waals surface area contributed by atoms with Gasteiger partial charge in [0.15, 0.2) is 0 Å². The molecule has 0 saturated heterocycles. The van der Waals surface area contributed by atoms with Gasteiger partial charge in [0.25, 0.3) is 0 Å². The molecule has 0 bridgehead atoms. The Morgan fingerprint density at radius 1 is 1.15 bits per heavy atom. The van der Waals surface area contributed by atoms with Crippen molar-refractivity contribution >= 4 is 39.1 Å². The average Bonchev–Trinajstić information content (AvgIpc) is 2.87. The molecule has 0 fully saturated rings. The molecule has 1 heterocycles. The number of para-hydroxylation sites is 2. The van der Waals surface area contributed by atoms with Gasteiger partial charge in [0.2, 0.25) is 27.7 Å². The van der Waals surface area contributed by atoms with Crippen molar-refractivity contribution in [3.8, 4) is 0 Å². The maximum absolute atomic E-state index is 13.1. The first kappa shape index (κ1) is 24.4. The number of likely N-dealkylation sites (N-methyl/N-ethyl adjacent to an activating group) is 1. The van der Waals surface area contributed by atoms with Gasteiger partial charge in [-0.15, -0.1) is 0 Å². The summed E-state index contributed by atoms with van der Waals surface area (Å²) in [7, 11) is -2.23. The number of hydrogen-bond acceptors (Lipinski definition) is 5. The Bertz CT molecular complexity index is 1150. The van der Waals surface area contributed by atoms with Crippen LogP contribution in [-0.4, -0.2) is 57.2 Å². The third-order valence-corrected chi connectivity index (χ3v) is 6.87. The van der Waals surface area contributed by atoms with Gasteiger partial charge in [-0.2, -0.15) is 0 Å². The van der Waals surface area contributed by atoms with Crippen molar-refractivity contribution in [3.63, 3.8) is 0 Å². The van der Waals surface area contributed by atoms with E-state index in [2.05, 4.69) is 10.0 Å². The van der Waals surface area contributed by atoms with Gasteiger partial charge in [0, 0.05) is 32.5 Å². The molecule has 1 unspecified atom stereocenters. The Morgan fingerprint density at radius 2 is 1.82 bits per heavy atom. The second kappa shape index (κ2) is 10.1. The highest BCUT2D eigenvalue weighted by atomic mass is 32.2. The maximum atomic E-state index is 13.1. The van der Waals surface area contributed by atoms with Crippen molar-refractivity contribution < 1.29 is 22.8 Å². The first-order valence-corrected chi connectivity index (χ1v) is 12.1. The molecule has 176 valence electrons. The number of anilines is 2. The van der Waals surface area contributed by atoms with Gasteiger partial charge in [-0.05, 0) is 38.1 Å². The number of carbonyl (C=O) groups excluding carboxylic acids is 3. The van der Waals surface area contributed by atoms with E-state index in [-0.39, 0.29) is 54.6 Å². The fourth-order valence-corrected chi connectivity index (χ4v) is 4.65. The lowest BCUT2D eigenvalue weighted by molar-refractivity contribution is -0.134. The largest absolute Gasteiger partial charge is 0.336 e. The molecule has 1 atom stereocenters. The molecule has 2 aromatic carbocycles. The molecule has 2 aromatic rings. The summed E-state index contributed by atoms with van der Waals surface area (Å²) in [6, 6.07) is 13.0. The number of fused-ring (bicyclic) bond motifs is 1. The Balaban J connectivity index is 1.60. The van der Waals surface area contributed by atoms with Crippen molar-refractivity contribution in [2.24, 2.45) is 0 Å². The molecular formula is C23H28N4O5S. The van der Waals surface area contributed by atoms with Gasteiger partial charge < -0.3 is 15.1 Å². The molecule has 3 amide bonds. The monoisotopic (exact) mass is 472 g/mol. The first-order valence-electron chi connectivity index (χ1n) is 10.6. The van der Waals surface area contributed by atoms with Crippen LogP contribution in [0.2, 0.25) is 0 Å². The summed E-state index contributed by atoms with van der Waals surface area (Å²) in [4.78, 5) is 40.6. The molecule has 0 radical (unpaired) electrons. The Morgan fingerprint density at radius 3 is 2.52 bits per heavy atom. The molecule has 0 aliphatic carbocycles. The van der Waals surface area contributed by atoms with Crippen molar-refractivity contribution in [2.75, 3.05) is 30.4 Å². The number of sulfonamides is 1. The number of rotatable bonds is 7. The fraction of sp³-hybridized carbons (Fsp3) is 0.348. The molecule has 0 spiro atoms. The van der Waals surface area contributed by atoms with Crippen LogP contribution < -0.4 is 14.9 Å². The molecule has 10 heteroatoms. The maximum Gasteiger partial charge on any atom is 0.246 e. The summed E-state index contributed by atoms with van der Waals surface area (Å²) >= 11 is 0. The SMILES string of the molecule is Cc1ccc(S(=O)(=O)NCCC(=O)N(C)CC(=O)N2c3ccccc3NC(=O)CC2C)cc1. The zero-order valence-corrected chi connectivity index (χ0v) is 19.7. The van der Waals surface area contributed by atoms with E-state index in [1.807, 2.05) is 6.92 Å². The molecule has 9 nitrogen and oxygen atoms in total. The zero-order chi connectivity index (χ0) is 24.2. The number of carbonyl (C=O) groups is 3. The smallest absolute Gasteiger partial charge is 0.246 e. The van der Waals surface area contributed by atoms with Crippen LogP contribution in [0.3, 0.4) is 0 Å². The molecule has 2 N–H and O–H groups in total. The lowest BCUT2D eigenvalue weighted by atomic mass is 10.1. The molecule has 3 rings (SSSR count). The predicted octanol–water partition coefficient (Wildman–Crippen LogP) is 1.89. The van der Waals surface area contributed by atoms with Gasteiger partial charge in [-0.25, -0.2) is 13.1 Å². The second-order valence-corrected chi connectivity index (χ2v) is 9.86. The van der Waals surface area contributed by atoms with Crippen LogP contribution >= 0.6 is 0 Å². The van der Waals surface area contributed by atoms with Crippen molar-refractivity contribution in [3.05, 3.63) is 54.1 Å². The van der Waals surface area contributed by atoms with Crippen LogP contribution in [0, 0.1) is 6.92 Å². The van der Waals surface area contributed by atoms with Gasteiger partial charge in [-0.1, -0.05) is 29.8 Å². The minimum Gasteiger partial charge on any atom is -0.336 e. The van der Waals surface area contributed by atoms with E-state index in [4.69, 9.17) is 0 Å². The quantitative estimate of drug-likeness (QED) is 0.638. The van der Waals surface area contributed by atoms with Crippen LogP contribution in [0.25, 0.3) is 0 Å². The summed E-state index contributed by atoms with van der Waals surface area (Å²) in [5.41, 5.74) is 2.06. The van der Waals surface area contributed by atoms with Crippen LogP contribution in [0.4, 0.5) is 11.4 Å². The first-order chi connectivity index (χ1) is 15.6. The Kier molecular flexibility index (Phi) is 7.50. The molecule has 0 saturated carbocycles. The third-order valence-electron chi connectivity index (χ3n) is 5.39. The normalized spacial score (nSPS) is 15.9. The van der Waals surface area contributed by atoms with Crippen LogP contribution in [-0.2, 0) is 24.4 Å². The molecule has 33 heavy (non-hydrogen) atoms. The molecular weight excluding hydrogens is 444 g/mol. The number of nitrogens with one attached hydrogen (secondary N) is 2. The van der Waals surface area contributed by atoms with Gasteiger partial charge >= 0.3 is 0 Å². The topological polar surface area (TPSA) is 116 Å². The van der Waals surface area contributed by atoms with Gasteiger partial charge in [0.05, 0.1) is 22.8 Å². The number of nitrogens with zero attached hydrogens (tertiary/aromatic N) is 2. The summed E-state index contributed by atoms with van der Waals surface area (Å²) in [5.74, 6) is -0.891. The van der Waals surface area contributed by atoms with Gasteiger partial charge in [0.1, 0.15) is 0 Å². The molecule has 0 aromatic heterocycles. The van der Waals surface area contributed by atoms with E-state index >= 15 is 0 Å². The fourth-order valence-electron chi connectivity index (χ4n) is 3.62. The Hall–Kier alpha value is -3.24. The number of hydrogen-bond donors (Lipinski definition) is 2. The van der Waals surface area contributed by atoms with E-state index < -0.39 is 10.0 Å². The minimum atomic E-state index is -3.72. The van der Waals surface area contributed by atoms with Gasteiger partial charge in [-0.3, -0.25) is 14.4 Å². The lowest BCUT2D eigenvalue weighted by Gasteiger charge is -2.29. The highest BCUT2D eigenvalue weighted by Gasteiger charge is 2.30. The summed E-state index contributed by atoms with van der Waals surface area (Å²) in [6.45, 7) is 3.35. The van der Waals surface area contributed by atoms with E-state index in [0.29, 0.717) is 11.4 Å². The standard InChI is InChI=1S/C23H28N4O5S/c1-16-8-10-18(11-9-16)33(31,32)24-13-12-22(29)26(3)15-23(30)27-17(2)14-21(28)25-19-6-4-5-7-20(19)27/h4-11,17,24H,12-15H2,1-3H3,(H,25,28). The Labute approximate surface area is 193 Å². The van der Waals surface area contributed by atoms with Crippen LogP contribution in [0.5, 0.6) is 0 Å². The van der Waals surface area contributed by atoms with E-state index in [1.54, 1.807) is 43.3 Å². The van der Waals surface area contributed by atoms with Crippen molar-refractivity contribution in [1.29, 1.82) is 0 Å². The highest BCUT2D eigenvalue weighted by molar-refractivity contribution is 7.89. The second-order valence-electron chi connectivity index (χ2n) is 8.09. The van der Waals surface area contributed by atoms with E-state index in [1.165, 1.54) is 29.0 Å². The highest BCUT2D eigenvalue weighted by Crippen LogP contribution is 2.31. The third kappa shape index (κ3) is 5.96. The van der Waals surface area contributed by atoms with E-state index in [0.717, 1.165) is 5.56 Å². The van der Waals surface area contributed by atoms with Crippen molar-refractivity contribution in [1.82, 2.24) is 9.62 Å². The van der Waals surface area contributed by atoms with Crippen molar-refractivity contribution in [2.45, 2.75) is 37.6 Å². The summed E-state index contributed by atoms with van der Waals surface area (Å²) < 4.78 is 27.1. The predicted molar refractivity (Wildman–Crippen MR) is 125 cm³/mol. The average molecular weight is 473 g/mol. The minimum absolute atomic E-state index is 0.0883. The molecule has 1 aliphatic rings. The van der Waals surface area contributed by atoms with Crippen LogP contribution in [0.1, 0.15) is 25.3 Å². The molecule has 1 aliphatic heterocycles. The zero-order valence-electron chi connectivity index (χ0n) is 18.9. The van der Waals surface area contributed by atoms with E-state index in [9.17, 15) is 22.8 Å². The lowest BCUT2D eigenvalue weighted by Crippen LogP contribution is -2.45. The number of aryl methyl sites for hydroxylation is 1. The number of amides is 3. The van der Waals surface area contributed by atoms with Crippen LogP contribution in [0.15, 0.2) is 53.4 Å². The summed E-state index contributed by atoms with van der Waals surface area (Å²) in [5, 5.41) is 2.79. The number of benzene rings is 2. The summed E-state index contributed by atoms with van der Waals surface area (Å²) in [6.07, 6.45) is 0.0416.